The van der Waals surface area contributed by atoms with Crippen LogP contribution in [0.15, 0.2) is 0 Å². The standard InChI is InChI=1S/C12H22N2O3.ClH/c1-9(10-3-2-4-13-7-10)14-12(15)11-8-16-5-6-17-11;/h9-11,13H,2-8H2,1H3,(H,14,15);1H. The summed E-state index contributed by atoms with van der Waals surface area (Å²) < 4.78 is 10.6. The van der Waals surface area contributed by atoms with Gasteiger partial charge in [-0.15, -0.1) is 12.4 Å². The average molecular weight is 279 g/mol. The zero-order valence-electron chi connectivity index (χ0n) is 10.8. The van der Waals surface area contributed by atoms with Gasteiger partial charge in [-0.1, -0.05) is 0 Å². The molecule has 2 fully saturated rings. The van der Waals surface area contributed by atoms with Crippen LogP contribution in [0.4, 0.5) is 0 Å². The van der Waals surface area contributed by atoms with Crippen molar-refractivity contribution in [3.63, 3.8) is 0 Å². The second-order valence-electron chi connectivity index (χ2n) is 4.84. The van der Waals surface area contributed by atoms with Crippen LogP contribution in [0.2, 0.25) is 0 Å². The van der Waals surface area contributed by atoms with Crippen LogP contribution in [-0.4, -0.2) is 51.0 Å². The molecule has 2 aliphatic rings. The number of piperidine rings is 1. The lowest BCUT2D eigenvalue weighted by Gasteiger charge is -2.30. The molecule has 0 bridgehead atoms. The minimum Gasteiger partial charge on any atom is -0.376 e. The lowest BCUT2D eigenvalue weighted by molar-refractivity contribution is -0.148. The van der Waals surface area contributed by atoms with E-state index in [4.69, 9.17) is 9.47 Å². The van der Waals surface area contributed by atoms with Crippen molar-refractivity contribution in [3.05, 3.63) is 0 Å². The maximum Gasteiger partial charge on any atom is 0.251 e. The van der Waals surface area contributed by atoms with E-state index in [9.17, 15) is 4.79 Å². The molecule has 106 valence electrons. The highest BCUT2D eigenvalue weighted by molar-refractivity contribution is 5.85. The van der Waals surface area contributed by atoms with Crippen molar-refractivity contribution in [1.29, 1.82) is 0 Å². The molecule has 2 N–H and O–H groups in total. The minimum atomic E-state index is -0.428. The SMILES string of the molecule is CC(NC(=O)C1COCCO1)C1CCCNC1.Cl. The Balaban J connectivity index is 0.00000162. The summed E-state index contributed by atoms with van der Waals surface area (Å²) in [6.07, 6.45) is 1.94. The molecule has 1 amide bonds. The highest BCUT2D eigenvalue weighted by atomic mass is 35.5. The van der Waals surface area contributed by atoms with E-state index in [1.54, 1.807) is 0 Å². The molecule has 2 rings (SSSR count). The minimum absolute atomic E-state index is 0. The summed E-state index contributed by atoms with van der Waals surface area (Å²) in [6.45, 7) is 5.63. The molecule has 0 radical (unpaired) electrons. The Labute approximate surface area is 114 Å². The normalized spacial score (nSPS) is 30.1. The number of ether oxygens (including phenoxy) is 2. The quantitative estimate of drug-likeness (QED) is 0.781. The van der Waals surface area contributed by atoms with Crippen LogP contribution in [0.1, 0.15) is 19.8 Å². The van der Waals surface area contributed by atoms with E-state index in [-0.39, 0.29) is 24.4 Å². The first-order valence-electron chi connectivity index (χ1n) is 6.48. The first-order chi connectivity index (χ1) is 8.27. The van der Waals surface area contributed by atoms with E-state index < -0.39 is 6.10 Å². The largest absolute Gasteiger partial charge is 0.376 e. The molecule has 18 heavy (non-hydrogen) atoms. The molecule has 5 nitrogen and oxygen atoms in total. The van der Waals surface area contributed by atoms with Crippen molar-refractivity contribution in [3.8, 4) is 0 Å². The molecule has 6 heteroatoms. The van der Waals surface area contributed by atoms with E-state index in [1.165, 1.54) is 12.8 Å². The lowest BCUT2D eigenvalue weighted by atomic mass is 9.92. The van der Waals surface area contributed by atoms with Crippen molar-refractivity contribution in [2.24, 2.45) is 5.92 Å². The Morgan fingerprint density at radius 2 is 2.28 bits per heavy atom. The molecule has 2 aliphatic heterocycles. The molecule has 0 aliphatic carbocycles. The summed E-state index contributed by atoms with van der Waals surface area (Å²) in [7, 11) is 0. The van der Waals surface area contributed by atoms with Gasteiger partial charge in [0.15, 0.2) is 6.10 Å². The molecule has 0 aromatic heterocycles. The third-order valence-electron chi connectivity index (χ3n) is 3.52. The van der Waals surface area contributed by atoms with Gasteiger partial charge in [-0.25, -0.2) is 0 Å². The zero-order chi connectivity index (χ0) is 12.1. The van der Waals surface area contributed by atoms with Crippen LogP contribution >= 0.6 is 12.4 Å². The van der Waals surface area contributed by atoms with E-state index in [0.717, 1.165) is 13.1 Å². The smallest absolute Gasteiger partial charge is 0.251 e. The molecule has 3 unspecified atom stereocenters. The predicted octanol–water partition coefficient (Wildman–Crippen LogP) is 0.328. The summed E-state index contributed by atoms with van der Waals surface area (Å²) in [5, 5.41) is 6.40. The van der Waals surface area contributed by atoms with E-state index in [2.05, 4.69) is 17.6 Å². The first-order valence-corrected chi connectivity index (χ1v) is 6.48. The fourth-order valence-corrected chi connectivity index (χ4v) is 2.38. The number of carbonyl (C=O) groups excluding carboxylic acids is 1. The number of nitrogens with one attached hydrogen (secondary N) is 2. The predicted molar refractivity (Wildman–Crippen MR) is 71.0 cm³/mol. The van der Waals surface area contributed by atoms with Gasteiger partial charge in [-0.2, -0.15) is 0 Å². The zero-order valence-corrected chi connectivity index (χ0v) is 11.6. The third-order valence-corrected chi connectivity index (χ3v) is 3.52. The van der Waals surface area contributed by atoms with Crippen LogP contribution < -0.4 is 10.6 Å². The molecule has 0 spiro atoms. The van der Waals surface area contributed by atoms with Crippen molar-refractivity contribution >= 4 is 18.3 Å². The summed E-state index contributed by atoms with van der Waals surface area (Å²) >= 11 is 0. The Kier molecular flexibility index (Phi) is 6.92. The highest BCUT2D eigenvalue weighted by Crippen LogP contribution is 2.14. The maximum absolute atomic E-state index is 11.9. The molecule has 2 heterocycles. The van der Waals surface area contributed by atoms with Gasteiger partial charge in [0.25, 0.3) is 5.91 Å². The van der Waals surface area contributed by atoms with Gasteiger partial charge >= 0.3 is 0 Å². The van der Waals surface area contributed by atoms with Crippen LogP contribution in [-0.2, 0) is 14.3 Å². The number of amides is 1. The van der Waals surface area contributed by atoms with Crippen LogP contribution in [0.5, 0.6) is 0 Å². The number of hydrogen-bond acceptors (Lipinski definition) is 4. The third kappa shape index (κ3) is 4.39. The Morgan fingerprint density at radius 3 is 2.89 bits per heavy atom. The summed E-state index contributed by atoms with van der Waals surface area (Å²) in [5.74, 6) is 0.486. The van der Waals surface area contributed by atoms with E-state index >= 15 is 0 Å². The monoisotopic (exact) mass is 278 g/mol. The molecular formula is C12H23ClN2O3. The Hall–Kier alpha value is -0.360. The van der Waals surface area contributed by atoms with Gasteiger partial charge in [0.05, 0.1) is 19.8 Å². The number of rotatable bonds is 3. The van der Waals surface area contributed by atoms with E-state index in [1.807, 2.05) is 0 Å². The topological polar surface area (TPSA) is 59.6 Å². The van der Waals surface area contributed by atoms with Crippen LogP contribution in [0, 0.1) is 5.92 Å². The average Bonchev–Trinajstić information content (AvgIpc) is 2.40. The van der Waals surface area contributed by atoms with Gasteiger partial charge in [0.1, 0.15) is 0 Å². The number of carbonyl (C=O) groups is 1. The lowest BCUT2D eigenvalue weighted by Crippen LogP contribution is -2.50. The molecule has 0 aromatic rings. The fraction of sp³-hybridized carbons (Fsp3) is 0.917. The van der Waals surface area contributed by atoms with Gasteiger partial charge in [-0.3, -0.25) is 4.79 Å². The number of halogens is 1. The maximum atomic E-state index is 11.9. The van der Waals surface area contributed by atoms with Crippen molar-refractivity contribution in [2.75, 3.05) is 32.9 Å². The molecule has 0 aromatic carbocycles. The summed E-state index contributed by atoms with van der Waals surface area (Å²) in [5.41, 5.74) is 0. The van der Waals surface area contributed by atoms with Crippen LogP contribution in [0.25, 0.3) is 0 Å². The van der Waals surface area contributed by atoms with Gasteiger partial charge < -0.3 is 20.1 Å². The van der Waals surface area contributed by atoms with Gasteiger partial charge in [0.2, 0.25) is 0 Å². The molecule has 3 atom stereocenters. The molecule has 0 saturated carbocycles. The first kappa shape index (κ1) is 15.7. The molecular weight excluding hydrogens is 256 g/mol. The second-order valence-corrected chi connectivity index (χ2v) is 4.84. The van der Waals surface area contributed by atoms with Crippen molar-refractivity contribution in [1.82, 2.24) is 10.6 Å². The van der Waals surface area contributed by atoms with Gasteiger partial charge in [0, 0.05) is 6.04 Å². The fourth-order valence-electron chi connectivity index (χ4n) is 2.38. The van der Waals surface area contributed by atoms with Crippen LogP contribution in [0.3, 0.4) is 0 Å². The highest BCUT2D eigenvalue weighted by Gasteiger charge is 2.27. The summed E-state index contributed by atoms with van der Waals surface area (Å²) in [6, 6.07) is 0.195. The summed E-state index contributed by atoms with van der Waals surface area (Å²) in [4.78, 5) is 11.9. The van der Waals surface area contributed by atoms with E-state index in [0.29, 0.717) is 25.7 Å². The number of hydrogen-bond donors (Lipinski definition) is 2. The Bertz CT molecular complexity index is 254. The Morgan fingerprint density at radius 1 is 1.44 bits per heavy atom. The molecule has 2 saturated heterocycles. The second kappa shape index (κ2) is 7.94. The van der Waals surface area contributed by atoms with Gasteiger partial charge in [-0.05, 0) is 38.8 Å². The van der Waals surface area contributed by atoms with Crippen molar-refractivity contribution < 1.29 is 14.3 Å². The van der Waals surface area contributed by atoms with Crippen molar-refractivity contribution in [2.45, 2.75) is 31.9 Å².